The van der Waals surface area contributed by atoms with Crippen LogP contribution in [-0.4, -0.2) is 80.9 Å². The second kappa shape index (κ2) is 8.86. The minimum absolute atomic E-state index is 0. The minimum atomic E-state index is -2.90. The minimum Gasteiger partial charge on any atom is -0.340 e. The standard InChI is InChI=1S/C14H25N3O3S.ClH/c1-2-7-16(13-4-11-21(19,20)12-13)8-3-14(18)17-9-5-15-6-10-17;/h2,13,15H,1,3-12H2;1H. The number of amides is 1. The second-order valence-corrected chi connectivity index (χ2v) is 7.95. The summed E-state index contributed by atoms with van der Waals surface area (Å²) in [7, 11) is -2.90. The molecule has 2 heterocycles. The Morgan fingerprint density at radius 3 is 2.59 bits per heavy atom. The van der Waals surface area contributed by atoms with Crippen LogP contribution in [0.15, 0.2) is 12.7 Å². The summed E-state index contributed by atoms with van der Waals surface area (Å²) in [5, 5.41) is 3.22. The van der Waals surface area contributed by atoms with E-state index in [0.29, 0.717) is 25.9 Å². The topological polar surface area (TPSA) is 69.7 Å². The van der Waals surface area contributed by atoms with Crippen LogP contribution in [0.25, 0.3) is 0 Å². The maximum absolute atomic E-state index is 12.2. The Hall–Kier alpha value is -0.630. The molecule has 128 valence electrons. The first-order valence-corrected chi connectivity index (χ1v) is 9.38. The van der Waals surface area contributed by atoms with E-state index in [4.69, 9.17) is 0 Å². The first-order valence-electron chi connectivity index (χ1n) is 7.56. The molecule has 1 amide bonds. The van der Waals surface area contributed by atoms with Gasteiger partial charge in [-0.2, -0.15) is 0 Å². The summed E-state index contributed by atoms with van der Waals surface area (Å²) in [4.78, 5) is 16.1. The van der Waals surface area contributed by atoms with E-state index < -0.39 is 9.84 Å². The Morgan fingerprint density at radius 2 is 2.05 bits per heavy atom. The van der Waals surface area contributed by atoms with Crippen LogP contribution in [0.5, 0.6) is 0 Å². The first-order chi connectivity index (χ1) is 10.0. The molecule has 0 aliphatic carbocycles. The molecule has 2 rings (SSSR count). The highest BCUT2D eigenvalue weighted by atomic mass is 35.5. The van der Waals surface area contributed by atoms with Crippen molar-refractivity contribution in [1.82, 2.24) is 15.1 Å². The molecule has 8 heteroatoms. The van der Waals surface area contributed by atoms with Gasteiger partial charge in [0.15, 0.2) is 9.84 Å². The molecule has 6 nitrogen and oxygen atoms in total. The molecule has 0 bridgehead atoms. The highest BCUT2D eigenvalue weighted by Crippen LogP contribution is 2.18. The van der Waals surface area contributed by atoms with E-state index in [2.05, 4.69) is 16.8 Å². The molecule has 0 aromatic heterocycles. The molecular weight excluding hydrogens is 326 g/mol. The summed E-state index contributed by atoms with van der Waals surface area (Å²) in [6, 6.07) is 0.0313. The molecule has 2 fully saturated rings. The van der Waals surface area contributed by atoms with Gasteiger partial charge in [0.1, 0.15) is 0 Å². The number of halogens is 1. The first kappa shape index (κ1) is 19.4. The van der Waals surface area contributed by atoms with Crippen LogP contribution in [0.2, 0.25) is 0 Å². The van der Waals surface area contributed by atoms with Gasteiger partial charge in [-0.1, -0.05) is 6.08 Å². The van der Waals surface area contributed by atoms with Crippen molar-refractivity contribution in [3.63, 3.8) is 0 Å². The molecule has 0 spiro atoms. The maximum Gasteiger partial charge on any atom is 0.223 e. The molecule has 22 heavy (non-hydrogen) atoms. The lowest BCUT2D eigenvalue weighted by Gasteiger charge is -2.30. The van der Waals surface area contributed by atoms with Crippen LogP contribution >= 0.6 is 12.4 Å². The molecular formula is C14H26ClN3O3S. The summed E-state index contributed by atoms with van der Waals surface area (Å²) in [5.41, 5.74) is 0. The quantitative estimate of drug-likeness (QED) is 0.677. The van der Waals surface area contributed by atoms with Gasteiger partial charge in [-0.3, -0.25) is 9.69 Å². The smallest absolute Gasteiger partial charge is 0.223 e. The van der Waals surface area contributed by atoms with E-state index in [-0.39, 0.29) is 35.9 Å². The fraction of sp³-hybridized carbons (Fsp3) is 0.786. The van der Waals surface area contributed by atoms with Gasteiger partial charge in [0.25, 0.3) is 0 Å². The lowest BCUT2D eigenvalue weighted by molar-refractivity contribution is -0.132. The second-order valence-electron chi connectivity index (χ2n) is 5.72. The molecule has 2 saturated heterocycles. The summed E-state index contributed by atoms with van der Waals surface area (Å²) in [6.45, 7) is 8.19. The number of nitrogens with zero attached hydrogens (tertiary/aromatic N) is 2. The van der Waals surface area contributed by atoms with Crippen molar-refractivity contribution in [2.75, 3.05) is 50.8 Å². The summed E-state index contributed by atoms with van der Waals surface area (Å²) in [5.74, 6) is 0.631. The average Bonchev–Trinajstić information content (AvgIpc) is 2.84. The zero-order valence-electron chi connectivity index (χ0n) is 12.9. The Labute approximate surface area is 139 Å². The number of sulfone groups is 1. The molecule has 1 unspecified atom stereocenters. The van der Waals surface area contributed by atoms with Crippen LogP contribution in [-0.2, 0) is 14.6 Å². The van der Waals surface area contributed by atoms with Gasteiger partial charge < -0.3 is 10.2 Å². The van der Waals surface area contributed by atoms with E-state index in [1.165, 1.54) is 0 Å². The van der Waals surface area contributed by atoms with Gasteiger partial charge in [-0.25, -0.2) is 8.42 Å². The Bertz CT molecular complexity index is 478. The summed E-state index contributed by atoms with van der Waals surface area (Å²) < 4.78 is 23.2. The lowest BCUT2D eigenvalue weighted by Crippen LogP contribution is -2.47. The zero-order chi connectivity index (χ0) is 15.3. The van der Waals surface area contributed by atoms with Gasteiger partial charge >= 0.3 is 0 Å². The molecule has 1 N–H and O–H groups in total. The highest BCUT2D eigenvalue weighted by Gasteiger charge is 2.32. The van der Waals surface area contributed by atoms with E-state index in [9.17, 15) is 13.2 Å². The van der Waals surface area contributed by atoms with Crippen LogP contribution < -0.4 is 5.32 Å². The number of piperazine rings is 1. The van der Waals surface area contributed by atoms with Crippen molar-refractivity contribution in [2.24, 2.45) is 0 Å². The van der Waals surface area contributed by atoms with E-state index in [1.54, 1.807) is 6.08 Å². The lowest BCUT2D eigenvalue weighted by atomic mass is 10.2. The van der Waals surface area contributed by atoms with E-state index in [1.807, 2.05) is 4.90 Å². The number of carbonyl (C=O) groups excluding carboxylic acids is 1. The fourth-order valence-corrected chi connectivity index (χ4v) is 4.73. The molecule has 1 atom stereocenters. The van der Waals surface area contributed by atoms with Crippen molar-refractivity contribution >= 4 is 28.2 Å². The Kier molecular flexibility index (Phi) is 7.82. The van der Waals surface area contributed by atoms with E-state index >= 15 is 0 Å². The normalized spacial score (nSPS) is 24.0. The largest absolute Gasteiger partial charge is 0.340 e. The third-order valence-electron chi connectivity index (χ3n) is 4.17. The van der Waals surface area contributed by atoms with Crippen molar-refractivity contribution in [2.45, 2.75) is 18.9 Å². The molecule has 0 saturated carbocycles. The zero-order valence-corrected chi connectivity index (χ0v) is 14.5. The summed E-state index contributed by atoms with van der Waals surface area (Å²) in [6.07, 6.45) is 2.89. The monoisotopic (exact) mass is 351 g/mol. The molecule has 0 radical (unpaired) electrons. The van der Waals surface area contributed by atoms with E-state index in [0.717, 1.165) is 26.2 Å². The van der Waals surface area contributed by atoms with Crippen LogP contribution in [0.3, 0.4) is 0 Å². The van der Waals surface area contributed by atoms with Gasteiger partial charge in [-0.15, -0.1) is 19.0 Å². The van der Waals surface area contributed by atoms with Crippen molar-refractivity contribution in [1.29, 1.82) is 0 Å². The Morgan fingerprint density at radius 1 is 1.36 bits per heavy atom. The number of carbonyl (C=O) groups is 1. The highest BCUT2D eigenvalue weighted by molar-refractivity contribution is 7.91. The van der Waals surface area contributed by atoms with Gasteiger partial charge in [0.05, 0.1) is 11.5 Å². The predicted octanol–water partition coefficient (Wildman–Crippen LogP) is -0.0948. The van der Waals surface area contributed by atoms with Gasteiger partial charge in [0.2, 0.25) is 5.91 Å². The maximum atomic E-state index is 12.2. The molecule has 2 aliphatic rings. The SMILES string of the molecule is C=CCN(CCC(=O)N1CCNCC1)C1CCS(=O)(=O)C1.Cl. The number of rotatable bonds is 6. The third-order valence-corrected chi connectivity index (χ3v) is 5.92. The predicted molar refractivity (Wildman–Crippen MR) is 90.1 cm³/mol. The number of nitrogens with one attached hydrogen (secondary N) is 1. The number of hydrogen-bond donors (Lipinski definition) is 1. The van der Waals surface area contributed by atoms with Crippen molar-refractivity contribution in [3.05, 3.63) is 12.7 Å². The molecule has 0 aromatic rings. The third kappa shape index (κ3) is 5.53. The Balaban J connectivity index is 0.00000242. The molecule has 0 aromatic carbocycles. The average molecular weight is 352 g/mol. The van der Waals surface area contributed by atoms with Crippen molar-refractivity contribution in [3.8, 4) is 0 Å². The number of hydrogen-bond acceptors (Lipinski definition) is 5. The molecule has 2 aliphatic heterocycles. The van der Waals surface area contributed by atoms with Crippen molar-refractivity contribution < 1.29 is 13.2 Å². The van der Waals surface area contributed by atoms with Crippen LogP contribution in [0.1, 0.15) is 12.8 Å². The van der Waals surface area contributed by atoms with Crippen LogP contribution in [0, 0.1) is 0 Å². The fourth-order valence-electron chi connectivity index (χ4n) is 2.96. The van der Waals surface area contributed by atoms with Gasteiger partial charge in [0, 0.05) is 51.7 Å². The summed E-state index contributed by atoms with van der Waals surface area (Å²) >= 11 is 0. The van der Waals surface area contributed by atoms with Gasteiger partial charge in [-0.05, 0) is 6.42 Å². The van der Waals surface area contributed by atoms with Crippen LogP contribution in [0.4, 0.5) is 0 Å².